The molecule has 0 aromatic heterocycles. The summed E-state index contributed by atoms with van der Waals surface area (Å²) in [6.07, 6.45) is -6.84. The van der Waals surface area contributed by atoms with Gasteiger partial charge in [0.15, 0.2) is 17.9 Å². The lowest BCUT2D eigenvalue weighted by molar-refractivity contribution is -0.454. The van der Waals surface area contributed by atoms with Crippen molar-refractivity contribution in [2.24, 2.45) is 0 Å². The van der Waals surface area contributed by atoms with Crippen LogP contribution in [0, 0.1) is 0 Å². The molecule has 14 nitrogen and oxygen atoms in total. The largest absolute Gasteiger partial charge is 0.460 e. The molecule has 0 amide bonds. The fourth-order valence-electron chi connectivity index (χ4n) is 5.30. The summed E-state index contributed by atoms with van der Waals surface area (Å²) in [5.74, 6) is -5.02. The minimum Gasteiger partial charge on any atom is -0.460 e. The van der Waals surface area contributed by atoms with Crippen LogP contribution < -0.4 is 4.74 Å². The number of carbonyl (C=O) groups is 2. The van der Waals surface area contributed by atoms with Crippen molar-refractivity contribution in [3.8, 4) is 5.75 Å². The molecule has 0 aliphatic carbocycles. The highest BCUT2D eigenvalue weighted by molar-refractivity contribution is 5.87. The summed E-state index contributed by atoms with van der Waals surface area (Å²) < 4.78 is 51.9. The molecule has 1 aromatic carbocycles. The van der Waals surface area contributed by atoms with Gasteiger partial charge in [0, 0.05) is 13.0 Å². The van der Waals surface area contributed by atoms with E-state index in [1.165, 1.54) is 19.1 Å². The van der Waals surface area contributed by atoms with Crippen LogP contribution in [0.1, 0.15) is 40.2 Å². The third kappa shape index (κ3) is 7.09. The van der Waals surface area contributed by atoms with Gasteiger partial charge in [0.2, 0.25) is 5.79 Å². The zero-order valence-electron chi connectivity index (χ0n) is 24.5. The molecule has 0 saturated carbocycles. The van der Waals surface area contributed by atoms with Gasteiger partial charge in [-0.05, 0) is 51.5 Å². The van der Waals surface area contributed by atoms with E-state index in [1.807, 2.05) is 0 Å². The van der Waals surface area contributed by atoms with Crippen molar-refractivity contribution in [3.63, 3.8) is 0 Å². The average molecular weight is 611 g/mol. The first-order valence-electron chi connectivity index (χ1n) is 14.0. The Hall–Kier alpha value is -2.50. The summed E-state index contributed by atoms with van der Waals surface area (Å²) in [4.78, 5) is 23.5. The molecule has 14 heteroatoms. The maximum Gasteiger partial charge on any atom is 0.330 e. The first-order valence-corrected chi connectivity index (χ1v) is 14.0. The highest BCUT2D eigenvalue weighted by atomic mass is 16.8. The fraction of sp³-hybridized carbons (Fsp3) is 0.655. The maximum absolute atomic E-state index is 12.4. The molecule has 238 valence electrons. The van der Waals surface area contributed by atoms with Crippen LogP contribution in [0.15, 0.2) is 30.3 Å². The SMILES string of the molecule is CC(=O)Oc1ccc(/C=C/C(=O)OC[C@H]2O[C@]3(COC(C)(C)O[C@H]4[C@H](O[C@@H]5COC(C)(C)O[C@H]5[C@@H]4O)O3)[C@@H](O)[C@@H]2O)cc1. The van der Waals surface area contributed by atoms with Gasteiger partial charge in [-0.15, -0.1) is 0 Å². The lowest BCUT2D eigenvalue weighted by Crippen LogP contribution is -2.69. The molecule has 0 radical (unpaired) electrons. The van der Waals surface area contributed by atoms with Crippen LogP contribution >= 0.6 is 0 Å². The number of esters is 2. The van der Waals surface area contributed by atoms with Crippen LogP contribution in [0.2, 0.25) is 0 Å². The number of hydrogen-bond acceptors (Lipinski definition) is 14. The number of ether oxygens (including phenoxy) is 9. The highest BCUT2D eigenvalue weighted by Crippen LogP contribution is 2.42. The molecule has 4 aliphatic rings. The lowest BCUT2D eigenvalue weighted by atomic mass is 9.96. The minimum absolute atomic E-state index is 0.0999. The zero-order chi connectivity index (χ0) is 31.2. The smallest absolute Gasteiger partial charge is 0.330 e. The van der Waals surface area contributed by atoms with E-state index in [0.717, 1.165) is 0 Å². The van der Waals surface area contributed by atoms with E-state index in [-0.39, 0.29) is 13.2 Å². The van der Waals surface area contributed by atoms with E-state index in [0.29, 0.717) is 11.3 Å². The Kier molecular flexibility index (Phi) is 9.00. The molecule has 3 N–H and O–H groups in total. The highest BCUT2D eigenvalue weighted by Gasteiger charge is 2.62. The Morgan fingerprint density at radius 2 is 1.60 bits per heavy atom. The fourth-order valence-corrected chi connectivity index (χ4v) is 5.30. The number of benzene rings is 1. The number of fused-ring (bicyclic) bond motifs is 2. The predicted octanol–water partition coefficient (Wildman–Crippen LogP) is 0.391. The summed E-state index contributed by atoms with van der Waals surface area (Å²) in [6.45, 7) is 7.26. The van der Waals surface area contributed by atoms with Crippen molar-refractivity contribution in [2.75, 3.05) is 19.8 Å². The summed E-state index contributed by atoms with van der Waals surface area (Å²) in [5, 5.41) is 33.2. The quantitative estimate of drug-likeness (QED) is 0.237. The van der Waals surface area contributed by atoms with Gasteiger partial charge in [0.25, 0.3) is 0 Å². The standard InChI is InChI=1S/C29H38O14/c1-15(30)38-17-9-6-16(7-10-17)8-11-20(31)35-12-18-21(32)25(34)29(40-18)14-37-28(4,5)42-24-22(33)23-19(39-26(24)43-29)13-36-27(2,3)41-23/h6-11,18-19,21-26,32-34H,12-14H2,1-5H3/b11-8+/t18-,19-,21-,22+,23-,24-,25+,26-,29+/m1/s1. The number of rotatable bonds is 5. The normalized spacial score (nSPS) is 38.5. The minimum atomic E-state index is -1.96. The molecule has 4 saturated heterocycles. The second kappa shape index (κ2) is 12.1. The van der Waals surface area contributed by atoms with Crippen molar-refractivity contribution in [3.05, 3.63) is 35.9 Å². The van der Waals surface area contributed by atoms with E-state index in [1.54, 1.807) is 52.0 Å². The molecule has 4 heterocycles. The average Bonchev–Trinajstić information content (AvgIpc) is 3.17. The van der Waals surface area contributed by atoms with Crippen molar-refractivity contribution in [2.45, 2.75) is 101 Å². The van der Waals surface area contributed by atoms with Gasteiger partial charge in [-0.2, -0.15) is 0 Å². The van der Waals surface area contributed by atoms with Crippen LogP contribution in [0.5, 0.6) is 5.75 Å². The molecular weight excluding hydrogens is 572 g/mol. The van der Waals surface area contributed by atoms with E-state index >= 15 is 0 Å². The molecule has 1 spiro atoms. The van der Waals surface area contributed by atoms with Gasteiger partial charge in [-0.1, -0.05) is 12.1 Å². The van der Waals surface area contributed by atoms with E-state index in [9.17, 15) is 24.9 Å². The molecule has 43 heavy (non-hydrogen) atoms. The number of carbonyl (C=O) groups excluding carboxylic acids is 2. The first-order chi connectivity index (χ1) is 20.2. The molecule has 0 bridgehead atoms. The molecule has 0 unspecified atom stereocenters. The summed E-state index contributed by atoms with van der Waals surface area (Å²) in [5.41, 5.74) is 0.646. The Balaban J connectivity index is 1.25. The van der Waals surface area contributed by atoms with Crippen LogP contribution in [0.25, 0.3) is 6.08 Å². The summed E-state index contributed by atoms with van der Waals surface area (Å²) in [7, 11) is 0. The van der Waals surface area contributed by atoms with Crippen LogP contribution in [0.4, 0.5) is 0 Å². The summed E-state index contributed by atoms with van der Waals surface area (Å²) in [6, 6.07) is 6.45. The van der Waals surface area contributed by atoms with Crippen LogP contribution in [-0.2, 0) is 47.5 Å². The number of aliphatic hydroxyl groups is 3. The van der Waals surface area contributed by atoms with Gasteiger partial charge in [-0.3, -0.25) is 4.79 Å². The van der Waals surface area contributed by atoms with Crippen molar-refractivity contribution < 1.29 is 67.5 Å². The van der Waals surface area contributed by atoms with E-state index < -0.39 is 84.9 Å². The summed E-state index contributed by atoms with van der Waals surface area (Å²) >= 11 is 0. The zero-order valence-corrected chi connectivity index (χ0v) is 24.5. The third-order valence-corrected chi connectivity index (χ3v) is 7.44. The Morgan fingerprint density at radius 3 is 2.30 bits per heavy atom. The second-order valence-corrected chi connectivity index (χ2v) is 11.7. The van der Waals surface area contributed by atoms with Crippen molar-refractivity contribution >= 4 is 18.0 Å². The molecule has 1 aromatic rings. The third-order valence-electron chi connectivity index (χ3n) is 7.44. The molecular formula is C29H38O14. The van der Waals surface area contributed by atoms with Gasteiger partial charge in [-0.25, -0.2) is 4.79 Å². The van der Waals surface area contributed by atoms with E-state index in [4.69, 9.17) is 42.6 Å². The van der Waals surface area contributed by atoms with Crippen molar-refractivity contribution in [1.29, 1.82) is 0 Å². The second-order valence-electron chi connectivity index (χ2n) is 11.7. The number of aliphatic hydroxyl groups excluding tert-OH is 3. The molecule has 4 aliphatic heterocycles. The van der Waals surface area contributed by atoms with Gasteiger partial charge in [0.1, 0.15) is 61.7 Å². The lowest BCUT2D eigenvalue weighted by Gasteiger charge is -2.53. The van der Waals surface area contributed by atoms with Gasteiger partial charge >= 0.3 is 11.9 Å². The predicted molar refractivity (Wildman–Crippen MR) is 143 cm³/mol. The topological polar surface area (TPSA) is 178 Å². The van der Waals surface area contributed by atoms with Gasteiger partial charge in [0.05, 0.1) is 6.61 Å². The Labute approximate surface area is 248 Å². The number of hydrogen-bond donors (Lipinski definition) is 3. The Bertz CT molecular complexity index is 1200. The Morgan fingerprint density at radius 1 is 0.930 bits per heavy atom. The van der Waals surface area contributed by atoms with Crippen LogP contribution in [0.3, 0.4) is 0 Å². The van der Waals surface area contributed by atoms with Gasteiger partial charge < -0.3 is 58.0 Å². The molecule has 4 fully saturated rings. The first kappa shape index (κ1) is 31.9. The molecule has 5 rings (SSSR count). The van der Waals surface area contributed by atoms with E-state index in [2.05, 4.69) is 0 Å². The monoisotopic (exact) mass is 610 g/mol. The van der Waals surface area contributed by atoms with Crippen LogP contribution in [-0.4, -0.2) is 113 Å². The van der Waals surface area contributed by atoms with Crippen molar-refractivity contribution in [1.82, 2.24) is 0 Å². The molecule has 9 atom stereocenters. The maximum atomic E-state index is 12.4.